The summed E-state index contributed by atoms with van der Waals surface area (Å²) in [7, 11) is -3.74. The quantitative estimate of drug-likeness (QED) is 0.625. The summed E-state index contributed by atoms with van der Waals surface area (Å²) < 4.78 is 27.3. The van der Waals surface area contributed by atoms with Gasteiger partial charge in [0, 0.05) is 11.7 Å². The van der Waals surface area contributed by atoms with Crippen LogP contribution in [0.4, 0.5) is 11.4 Å². The van der Waals surface area contributed by atoms with E-state index in [-0.39, 0.29) is 16.0 Å². The molecule has 3 N–H and O–H groups in total. The summed E-state index contributed by atoms with van der Waals surface area (Å²) in [5, 5.41) is 7.13. The number of hydrogen-bond acceptors (Lipinski definition) is 3. The van der Waals surface area contributed by atoms with E-state index in [0.29, 0.717) is 21.5 Å². The van der Waals surface area contributed by atoms with Gasteiger partial charge in [-0.3, -0.25) is 4.72 Å². The zero-order valence-corrected chi connectivity index (χ0v) is 16.7. The second-order valence-electron chi connectivity index (χ2n) is 5.51. The van der Waals surface area contributed by atoms with E-state index < -0.39 is 10.0 Å². The first-order valence-electron chi connectivity index (χ1n) is 7.33. The first kappa shape index (κ1) is 19.8. The molecule has 0 fully saturated rings. The number of thiocarbonyl (C=S) groups is 1. The van der Waals surface area contributed by atoms with E-state index >= 15 is 0 Å². The monoisotopic (exact) mass is 417 g/mol. The van der Waals surface area contributed by atoms with Crippen molar-refractivity contribution >= 4 is 61.9 Å². The van der Waals surface area contributed by atoms with Crippen molar-refractivity contribution in [2.75, 3.05) is 10.0 Å². The van der Waals surface area contributed by atoms with Crippen LogP contribution in [0.2, 0.25) is 10.0 Å². The highest BCUT2D eigenvalue weighted by atomic mass is 35.5. The van der Waals surface area contributed by atoms with Gasteiger partial charge in [0.05, 0.1) is 20.6 Å². The minimum atomic E-state index is -3.74. The molecule has 5 nitrogen and oxygen atoms in total. The standard InChI is InChI=1S/C16H17Cl2N3O2S2/c1-10(2)19-16(24)20-11-3-6-13(7-4-11)25(22,23)21-12-5-8-14(17)15(18)9-12/h3-10,21H,1-2H3,(H2,19,20,24). The van der Waals surface area contributed by atoms with Gasteiger partial charge in [-0.15, -0.1) is 0 Å². The average Bonchev–Trinajstić information content (AvgIpc) is 2.50. The fraction of sp³-hybridized carbons (Fsp3) is 0.188. The molecular formula is C16H17Cl2N3O2S2. The van der Waals surface area contributed by atoms with E-state index in [4.69, 9.17) is 35.4 Å². The molecule has 0 spiro atoms. The lowest BCUT2D eigenvalue weighted by molar-refractivity contribution is 0.601. The van der Waals surface area contributed by atoms with Crippen molar-refractivity contribution < 1.29 is 8.42 Å². The third-order valence-corrected chi connectivity index (χ3v) is 5.37. The first-order chi connectivity index (χ1) is 11.7. The molecule has 134 valence electrons. The van der Waals surface area contributed by atoms with Crippen LogP contribution >= 0.6 is 35.4 Å². The molecule has 0 saturated carbocycles. The second kappa shape index (κ2) is 8.23. The maximum atomic E-state index is 12.4. The van der Waals surface area contributed by atoms with E-state index in [2.05, 4.69) is 15.4 Å². The Morgan fingerprint density at radius 1 is 1.00 bits per heavy atom. The highest BCUT2D eigenvalue weighted by Crippen LogP contribution is 2.26. The third-order valence-electron chi connectivity index (χ3n) is 3.01. The summed E-state index contributed by atoms with van der Waals surface area (Å²) in [6.45, 7) is 3.94. The molecule has 0 atom stereocenters. The average molecular weight is 418 g/mol. The van der Waals surface area contributed by atoms with E-state index in [0.717, 1.165) is 0 Å². The molecule has 0 saturated heterocycles. The fourth-order valence-corrected chi connectivity index (χ4v) is 3.62. The van der Waals surface area contributed by atoms with E-state index in [1.165, 1.54) is 30.3 Å². The molecule has 2 rings (SSSR count). The molecule has 0 aliphatic heterocycles. The minimum Gasteiger partial charge on any atom is -0.360 e. The Balaban J connectivity index is 2.11. The number of hydrogen-bond donors (Lipinski definition) is 3. The van der Waals surface area contributed by atoms with Gasteiger partial charge < -0.3 is 10.6 Å². The van der Waals surface area contributed by atoms with Crippen molar-refractivity contribution in [2.24, 2.45) is 0 Å². The van der Waals surface area contributed by atoms with E-state index in [1.54, 1.807) is 12.1 Å². The van der Waals surface area contributed by atoms with Gasteiger partial charge in [-0.05, 0) is 68.5 Å². The van der Waals surface area contributed by atoms with Crippen LogP contribution in [0.15, 0.2) is 47.4 Å². The van der Waals surface area contributed by atoms with Crippen molar-refractivity contribution in [1.82, 2.24) is 5.32 Å². The Kier molecular flexibility index (Phi) is 6.51. The van der Waals surface area contributed by atoms with Gasteiger partial charge in [-0.1, -0.05) is 23.2 Å². The molecule has 2 aromatic carbocycles. The highest BCUT2D eigenvalue weighted by Gasteiger charge is 2.15. The summed E-state index contributed by atoms with van der Waals surface area (Å²) in [6.07, 6.45) is 0. The maximum Gasteiger partial charge on any atom is 0.261 e. The number of benzene rings is 2. The Bertz CT molecular complexity index is 869. The van der Waals surface area contributed by atoms with Gasteiger partial charge in [-0.2, -0.15) is 0 Å². The van der Waals surface area contributed by atoms with Gasteiger partial charge in [0.2, 0.25) is 0 Å². The largest absolute Gasteiger partial charge is 0.360 e. The zero-order chi connectivity index (χ0) is 18.6. The molecule has 0 unspecified atom stereocenters. The van der Waals surface area contributed by atoms with Crippen LogP contribution in [0.5, 0.6) is 0 Å². The molecule has 2 aromatic rings. The Hall–Kier alpha value is -1.54. The van der Waals surface area contributed by atoms with Gasteiger partial charge in [0.25, 0.3) is 10.0 Å². The number of rotatable bonds is 5. The van der Waals surface area contributed by atoms with Crippen molar-refractivity contribution in [2.45, 2.75) is 24.8 Å². The Morgan fingerprint density at radius 3 is 2.16 bits per heavy atom. The smallest absolute Gasteiger partial charge is 0.261 e. The molecule has 25 heavy (non-hydrogen) atoms. The molecule has 0 aromatic heterocycles. The lowest BCUT2D eigenvalue weighted by Gasteiger charge is -2.13. The number of anilines is 2. The molecule has 9 heteroatoms. The predicted octanol–water partition coefficient (Wildman–Crippen LogP) is 4.49. The molecule has 0 amide bonds. The molecule has 0 radical (unpaired) electrons. The maximum absolute atomic E-state index is 12.4. The second-order valence-corrected chi connectivity index (χ2v) is 8.42. The van der Waals surface area contributed by atoms with Crippen molar-refractivity contribution in [1.29, 1.82) is 0 Å². The lowest BCUT2D eigenvalue weighted by atomic mass is 10.3. The van der Waals surface area contributed by atoms with E-state index in [9.17, 15) is 8.42 Å². The summed E-state index contributed by atoms with van der Waals surface area (Å²) >= 11 is 16.9. The summed E-state index contributed by atoms with van der Waals surface area (Å²) in [4.78, 5) is 0.117. The van der Waals surface area contributed by atoms with Crippen LogP contribution in [0.3, 0.4) is 0 Å². The van der Waals surface area contributed by atoms with Crippen LogP contribution in [-0.2, 0) is 10.0 Å². The topological polar surface area (TPSA) is 70.2 Å². The van der Waals surface area contributed by atoms with Crippen molar-refractivity contribution in [3.05, 3.63) is 52.5 Å². The van der Waals surface area contributed by atoms with Gasteiger partial charge >= 0.3 is 0 Å². The van der Waals surface area contributed by atoms with Crippen LogP contribution in [-0.4, -0.2) is 19.6 Å². The summed E-state index contributed by atoms with van der Waals surface area (Å²) in [5.41, 5.74) is 1.02. The molecule has 0 aliphatic carbocycles. The zero-order valence-electron chi connectivity index (χ0n) is 13.5. The first-order valence-corrected chi connectivity index (χ1v) is 9.97. The number of sulfonamides is 1. The summed E-state index contributed by atoms with van der Waals surface area (Å²) in [5.74, 6) is 0. The molecule has 0 bridgehead atoms. The van der Waals surface area contributed by atoms with Crippen LogP contribution in [0.25, 0.3) is 0 Å². The molecular weight excluding hydrogens is 401 g/mol. The SMILES string of the molecule is CC(C)NC(=S)Nc1ccc(S(=O)(=O)Nc2ccc(Cl)c(Cl)c2)cc1. The van der Waals surface area contributed by atoms with Crippen LogP contribution in [0.1, 0.15) is 13.8 Å². The molecule has 0 heterocycles. The summed E-state index contributed by atoms with van der Waals surface area (Å²) in [6, 6.07) is 11.0. The highest BCUT2D eigenvalue weighted by molar-refractivity contribution is 7.92. The third kappa shape index (κ3) is 5.74. The number of nitrogens with one attached hydrogen (secondary N) is 3. The van der Waals surface area contributed by atoms with Crippen molar-refractivity contribution in [3.63, 3.8) is 0 Å². The van der Waals surface area contributed by atoms with Crippen LogP contribution in [0, 0.1) is 0 Å². The van der Waals surface area contributed by atoms with Crippen molar-refractivity contribution in [3.8, 4) is 0 Å². The lowest BCUT2D eigenvalue weighted by Crippen LogP contribution is -2.33. The van der Waals surface area contributed by atoms with Gasteiger partial charge in [-0.25, -0.2) is 8.42 Å². The van der Waals surface area contributed by atoms with Crippen LogP contribution < -0.4 is 15.4 Å². The Morgan fingerprint density at radius 2 is 1.60 bits per heavy atom. The minimum absolute atomic E-state index is 0.117. The fourth-order valence-electron chi connectivity index (χ4n) is 1.92. The predicted molar refractivity (Wildman–Crippen MR) is 108 cm³/mol. The van der Waals surface area contributed by atoms with Gasteiger partial charge in [0.1, 0.15) is 0 Å². The normalized spacial score (nSPS) is 11.2. The number of halogens is 2. The van der Waals surface area contributed by atoms with Gasteiger partial charge in [0.15, 0.2) is 5.11 Å². The van der Waals surface area contributed by atoms with E-state index in [1.807, 2.05) is 13.8 Å². The molecule has 0 aliphatic rings. The Labute approximate surface area is 162 Å².